The van der Waals surface area contributed by atoms with Crippen molar-refractivity contribution in [2.24, 2.45) is 0 Å². The average Bonchev–Trinajstić information content (AvgIpc) is 2.90. The number of nitrogen functional groups attached to an aromatic ring is 1. The second-order valence-electron chi connectivity index (χ2n) is 6.08. The molecule has 0 fully saturated rings. The van der Waals surface area contributed by atoms with Gasteiger partial charge in [0.25, 0.3) is 5.91 Å². The number of anilines is 1. The van der Waals surface area contributed by atoms with Crippen LogP contribution in [0.15, 0.2) is 30.3 Å². The van der Waals surface area contributed by atoms with Crippen LogP contribution in [0.4, 0.5) is 5.69 Å². The second kappa shape index (κ2) is 6.24. The van der Waals surface area contributed by atoms with Crippen molar-refractivity contribution in [3.8, 4) is 0 Å². The Balaban J connectivity index is 1.96. The maximum Gasteiger partial charge on any atom is 0.264 e. The topological polar surface area (TPSA) is 68.0 Å². The van der Waals surface area contributed by atoms with Crippen LogP contribution in [0.2, 0.25) is 0 Å². The molecule has 3 rings (SSSR count). The summed E-state index contributed by atoms with van der Waals surface area (Å²) >= 11 is 1.36. The zero-order valence-electron chi connectivity index (χ0n) is 14.3. The summed E-state index contributed by atoms with van der Waals surface area (Å²) in [5, 5.41) is 3.93. The van der Waals surface area contributed by atoms with Crippen molar-refractivity contribution in [2.75, 3.05) is 5.73 Å². The fourth-order valence-electron chi connectivity index (χ4n) is 2.82. The molecule has 0 bridgehead atoms. The van der Waals surface area contributed by atoms with Crippen molar-refractivity contribution in [2.45, 2.75) is 33.7 Å². The first-order valence-electron chi connectivity index (χ1n) is 7.91. The number of aryl methyl sites for hydroxylation is 2. The molecule has 0 spiro atoms. The van der Waals surface area contributed by atoms with Gasteiger partial charge in [-0.25, -0.2) is 4.98 Å². The third-order valence-electron chi connectivity index (χ3n) is 4.53. The molecule has 5 heteroatoms. The number of aromatic nitrogens is 1. The predicted molar refractivity (Wildman–Crippen MR) is 101 cm³/mol. The Bertz CT molecular complexity index is 916. The number of rotatable bonds is 3. The van der Waals surface area contributed by atoms with Crippen LogP contribution in [0.5, 0.6) is 0 Å². The van der Waals surface area contributed by atoms with Crippen molar-refractivity contribution < 1.29 is 4.79 Å². The van der Waals surface area contributed by atoms with Gasteiger partial charge in [0.15, 0.2) is 0 Å². The maximum atomic E-state index is 12.7. The number of nitrogens with zero attached hydrogens (tertiary/aromatic N) is 1. The number of hydrogen-bond donors (Lipinski definition) is 2. The molecule has 0 saturated heterocycles. The highest BCUT2D eigenvalue weighted by molar-refractivity contribution is 7.21. The van der Waals surface area contributed by atoms with E-state index < -0.39 is 0 Å². The third-order valence-corrected chi connectivity index (χ3v) is 5.63. The highest BCUT2D eigenvalue weighted by Gasteiger charge is 2.21. The van der Waals surface area contributed by atoms with Gasteiger partial charge < -0.3 is 11.1 Å². The number of benzene rings is 1. The molecule has 24 heavy (non-hydrogen) atoms. The van der Waals surface area contributed by atoms with Gasteiger partial charge in [-0.05, 0) is 44.4 Å². The van der Waals surface area contributed by atoms with Gasteiger partial charge in [0.1, 0.15) is 9.71 Å². The zero-order chi connectivity index (χ0) is 17.4. The predicted octanol–water partition coefficient (Wildman–Crippen LogP) is 4.29. The first-order valence-corrected chi connectivity index (χ1v) is 8.73. The molecule has 3 N–H and O–H groups in total. The number of carbonyl (C=O) groups excluding carboxylic acids is 1. The van der Waals surface area contributed by atoms with Gasteiger partial charge in [-0.15, -0.1) is 11.3 Å². The van der Waals surface area contributed by atoms with E-state index in [1.54, 1.807) is 0 Å². The lowest BCUT2D eigenvalue weighted by Crippen LogP contribution is -2.26. The minimum Gasteiger partial charge on any atom is -0.397 e. The number of carbonyl (C=O) groups is 1. The summed E-state index contributed by atoms with van der Waals surface area (Å²) in [5.41, 5.74) is 11.1. The van der Waals surface area contributed by atoms with Crippen LogP contribution in [0, 0.1) is 20.8 Å². The van der Waals surface area contributed by atoms with E-state index in [4.69, 9.17) is 5.73 Å². The van der Waals surface area contributed by atoms with Gasteiger partial charge in [-0.3, -0.25) is 4.79 Å². The molecule has 0 radical (unpaired) electrons. The van der Waals surface area contributed by atoms with Gasteiger partial charge in [-0.2, -0.15) is 0 Å². The van der Waals surface area contributed by atoms with Crippen LogP contribution < -0.4 is 11.1 Å². The molecule has 2 heterocycles. The summed E-state index contributed by atoms with van der Waals surface area (Å²) < 4.78 is 0. The second-order valence-corrected chi connectivity index (χ2v) is 7.08. The normalized spacial score (nSPS) is 12.3. The molecule has 0 aliphatic rings. The summed E-state index contributed by atoms with van der Waals surface area (Å²) in [6.45, 7) is 8.01. The van der Waals surface area contributed by atoms with Crippen molar-refractivity contribution in [3.63, 3.8) is 0 Å². The summed E-state index contributed by atoms with van der Waals surface area (Å²) in [7, 11) is 0. The van der Waals surface area contributed by atoms with Gasteiger partial charge in [0, 0.05) is 11.1 Å². The van der Waals surface area contributed by atoms with Crippen molar-refractivity contribution in [1.82, 2.24) is 10.3 Å². The average molecular weight is 339 g/mol. The van der Waals surface area contributed by atoms with Gasteiger partial charge in [-0.1, -0.05) is 30.3 Å². The van der Waals surface area contributed by atoms with Crippen molar-refractivity contribution in [1.29, 1.82) is 0 Å². The molecule has 1 aromatic carbocycles. The maximum absolute atomic E-state index is 12.7. The Morgan fingerprint density at radius 2 is 1.83 bits per heavy atom. The lowest BCUT2D eigenvalue weighted by atomic mass is 10.1. The molecular weight excluding hydrogens is 318 g/mol. The fourth-order valence-corrected chi connectivity index (χ4v) is 3.93. The minimum absolute atomic E-state index is 0.0826. The monoisotopic (exact) mass is 339 g/mol. The molecule has 4 nitrogen and oxygen atoms in total. The third kappa shape index (κ3) is 2.76. The minimum atomic E-state index is -0.151. The summed E-state index contributed by atoms with van der Waals surface area (Å²) in [6.07, 6.45) is 0. The molecule has 1 amide bonds. The van der Waals surface area contributed by atoms with Crippen molar-refractivity contribution >= 4 is 33.1 Å². The Kier molecular flexibility index (Phi) is 4.28. The van der Waals surface area contributed by atoms with Gasteiger partial charge >= 0.3 is 0 Å². The van der Waals surface area contributed by atoms with Crippen LogP contribution >= 0.6 is 11.3 Å². The molecule has 2 aromatic heterocycles. The molecule has 124 valence electrons. The Hall–Kier alpha value is -2.40. The molecule has 1 unspecified atom stereocenters. The van der Waals surface area contributed by atoms with E-state index in [0.29, 0.717) is 10.6 Å². The zero-order valence-corrected chi connectivity index (χ0v) is 15.1. The smallest absolute Gasteiger partial charge is 0.264 e. The lowest BCUT2D eigenvalue weighted by Gasteiger charge is -2.13. The Morgan fingerprint density at radius 3 is 2.50 bits per heavy atom. The molecule has 0 saturated carbocycles. The largest absolute Gasteiger partial charge is 0.397 e. The lowest BCUT2D eigenvalue weighted by molar-refractivity contribution is 0.0945. The summed E-state index contributed by atoms with van der Waals surface area (Å²) in [4.78, 5) is 18.6. The Labute approximate surface area is 145 Å². The number of nitrogens with one attached hydrogen (secondary N) is 1. The van der Waals surface area contributed by atoms with E-state index in [-0.39, 0.29) is 11.9 Å². The van der Waals surface area contributed by atoms with Crippen LogP contribution in [0.25, 0.3) is 10.2 Å². The van der Waals surface area contributed by atoms with Crippen LogP contribution in [0.3, 0.4) is 0 Å². The van der Waals surface area contributed by atoms with Gasteiger partial charge in [0.2, 0.25) is 0 Å². The first kappa shape index (κ1) is 16.5. The molecular formula is C19H21N3OS. The molecule has 0 aliphatic heterocycles. The highest BCUT2D eigenvalue weighted by atomic mass is 32.1. The van der Waals surface area contributed by atoms with Crippen molar-refractivity contribution in [3.05, 3.63) is 57.6 Å². The van der Waals surface area contributed by atoms with Gasteiger partial charge in [0.05, 0.1) is 11.7 Å². The van der Waals surface area contributed by atoms with Crippen LogP contribution in [-0.2, 0) is 0 Å². The number of thiophene rings is 1. The van der Waals surface area contributed by atoms with E-state index in [1.165, 1.54) is 11.3 Å². The number of pyridine rings is 1. The van der Waals surface area contributed by atoms with Crippen LogP contribution in [-0.4, -0.2) is 10.9 Å². The van der Waals surface area contributed by atoms with E-state index >= 15 is 0 Å². The SMILES string of the molecule is Cc1nc2sc(C(=O)NC(C)c3ccccc3)c(N)c2c(C)c1C. The number of nitrogens with two attached hydrogens (primary N) is 1. The molecule has 0 aliphatic carbocycles. The number of hydrogen-bond acceptors (Lipinski definition) is 4. The summed E-state index contributed by atoms with van der Waals surface area (Å²) in [5.74, 6) is -0.151. The van der Waals surface area contributed by atoms with E-state index in [0.717, 1.165) is 32.6 Å². The van der Waals surface area contributed by atoms with E-state index in [1.807, 2.05) is 58.0 Å². The molecule has 3 aromatic rings. The standard InChI is InChI=1S/C19H21N3OS/c1-10-11(2)15-16(20)17(24-19(15)22-12(10)3)18(23)21-13(4)14-8-6-5-7-9-14/h5-9,13H,20H2,1-4H3,(H,21,23). The number of fused-ring (bicyclic) bond motifs is 1. The summed E-state index contributed by atoms with van der Waals surface area (Å²) in [6, 6.07) is 9.80. The number of amides is 1. The van der Waals surface area contributed by atoms with Crippen LogP contribution in [0.1, 0.15) is 45.0 Å². The van der Waals surface area contributed by atoms with E-state index in [9.17, 15) is 4.79 Å². The highest BCUT2D eigenvalue weighted by Crippen LogP contribution is 2.36. The first-order chi connectivity index (χ1) is 11.4. The quantitative estimate of drug-likeness (QED) is 0.748. The fraction of sp³-hybridized carbons (Fsp3) is 0.263. The Morgan fingerprint density at radius 1 is 1.17 bits per heavy atom. The van der Waals surface area contributed by atoms with E-state index in [2.05, 4.69) is 10.3 Å². The molecule has 1 atom stereocenters.